The number of carbonyl (C=O) groups is 2. The summed E-state index contributed by atoms with van der Waals surface area (Å²) in [6.45, 7) is 4.48. The molecule has 22 heavy (non-hydrogen) atoms. The van der Waals surface area contributed by atoms with E-state index >= 15 is 0 Å². The summed E-state index contributed by atoms with van der Waals surface area (Å²) in [4.78, 5) is 28.1. The van der Waals surface area contributed by atoms with E-state index in [-0.39, 0.29) is 11.8 Å². The minimum absolute atomic E-state index is 0.0677. The molecule has 1 fully saturated rings. The predicted molar refractivity (Wildman–Crippen MR) is 83.2 cm³/mol. The molecule has 1 aliphatic rings. The summed E-state index contributed by atoms with van der Waals surface area (Å²) >= 11 is 0. The highest BCUT2D eigenvalue weighted by atomic mass is 16.2. The highest BCUT2D eigenvalue weighted by Crippen LogP contribution is 2.12. The fourth-order valence-corrected chi connectivity index (χ4v) is 2.65. The largest absolute Gasteiger partial charge is 0.341 e. The Morgan fingerprint density at radius 3 is 2.64 bits per heavy atom. The van der Waals surface area contributed by atoms with Crippen LogP contribution in [0.2, 0.25) is 0 Å². The summed E-state index contributed by atoms with van der Waals surface area (Å²) in [7, 11) is 0. The van der Waals surface area contributed by atoms with Gasteiger partial charge in [0.2, 0.25) is 5.91 Å². The van der Waals surface area contributed by atoms with Crippen LogP contribution in [0.25, 0.3) is 0 Å². The lowest BCUT2D eigenvalue weighted by molar-refractivity contribution is -0.131. The van der Waals surface area contributed by atoms with Crippen molar-refractivity contribution < 1.29 is 9.59 Å². The molecule has 0 atom stereocenters. The van der Waals surface area contributed by atoms with E-state index in [2.05, 4.69) is 0 Å². The molecule has 0 aromatic heterocycles. The molecular weight excluding hydrogens is 278 g/mol. The number of nitrogens with zero attached hydrogens (tertiary/aromatic N) is 3. The van der Waals surface area contributed by atoms with Crippen LogP contribution >= 0.6 is 0 Å². The number of amides is 2. The van der Waals surface area contributed by atoms with E-state index in [1.807, 2.05) is 17.9 Å². The fourth-order valence-electron chi connectivity index (χ4n) is 2.65. The number of rotatable bonds is 3. The summed E-state index contributed by atoms with van der Waals surface area (Å²) < 4.78 is 0. The van der Waals surface area contributed by atoms with Crippen LogP contribution < -0.4 is 0 Å². The first kappa shape index (κ1) is 16.0. The molecule has 1 aromatic carbocycles. The number of hydrogen-bond acceptors (Lipinski definition) is 3. The number of nitriles is 1. The van der Waals surface area contributed by atoms with Gasteiger partial charge in [0.25, 0.3) is 5.91 Å². The van der Waals surface area contributed by atoms with Crippen LogP contribution in [0.4, 0.5) is 0 Å². The molecule has 0 aliphatic carbocycles. The van der Waals surface area contributed by atoms with Gasteiger partial charge in [-0.1, -0.05) is 13.0 Å². The monoisotopic (exact) mass is 299 g/mol. The maximum atomic E-state index is 12.5. The Bertz CT molecular complexity index is 592. The smallest absolute Gasteiger partial charge is 0.253 e. The first-order valence-electron chi connectivity index (χ1n) is 7.73. The van der Waals surface area contributed by atoms with Crippen LogP contribution in [0, 0.1) is 11.3 Å². The maximum absolute atomic E-state index is 12.5. The molecule has 5 nitrogen and oxygen atoms in total. The zero-order valence-corrected chi connectivity index (χ0v) is 12.9. The standard InChI is InChI=1S/C17H21N3O2/c1-2-5-16(21)19-8-4-9-20(11-10-19)17(22)15-7-3-6-14(12-15)13-18/h3,6-7,12H,2,4-5,8-11H2,1H3. The van der Waals surface area contributed by atoms with Crippen LogP contribution in [0.5, 0.6) is 0 Å². The molecule has 0 saturated carbocycles. The topological polar surface area (TPSA) is 64.4 Å². The van der Waals surface area contributed by atoms with Gasteiger partial charge in [-0.2, -0.15) is 5.26 Å². The molecule has 1 heterocycles. The van der Waals surface area contributed by atoms with Crippen molar-refractivity contribution in [2.24, 2.45) is 0 Å². The molecule has 2 amide bonds. The van der Waals surface area contributed by atoms with Gasteiger partial charge in [0.1, 0.15) is 0 Å². The van der Waals surface area contributed by atoms with Gasteiger partial charge in [0.15, 0.2) is 0 Å². The molecule has 116 valence electrons. The predicted octanol–water partition coefficient (Wildman–Crippen LogP) is 2.03. The van der Waals surface area contributed by atoms with E-state index in [1.165, 1.54) is 0 Å². The Labute approximate surface area is 131 Å². The fraction of sp³-hybridized carbons (Fsp3) is 0.471. The molecular formula is C17H21N3O2. The molecule has 5 heteroatoms. The number of carbonyl (C=O) groups excluding carboxylic acids is 2. The Morgan fingerprint density at radius 2 is 1.91 bits per heavy atom. The SMILES string of the molecule is CCCC(=O)N1CCCN(C(=O)c2cccc(C#N)c2)CC1. The minimum atomic E-state index is -0.0677. The van der Waals surface area contributed by atoms with Crippen molar-refractivity contribution in [2.45, 2.75) is 26.2 Å². The van der Waals surface area contributed by atoms with E-state index in [0.29, 0.717) is 43.7 Å². The van der Waals surface area contributed by atoms with Crippen molar-refractivity contribution in [3.05, 3.63) is 35.4 Å². The molecule has 0 radical (unpaired) electrons. The third-order valence-electron chi connectivity index (χ3n) is 3.84. The van der Waals surface area contributed by atoms with Crippen molar-refractivity contribution in [1.29, 1.82) is 5.26 Å². The second kappa shape index (κ2) is 7.60. The van der Waals surface area contributed by atoms with Gasteiger partial charge in [-0.3, -0.25) is 9.59 Å². The third kappa shape index (κ3) is 3.85. The summed E-state index contributed by atoms with van der Waals surface area (Å²) in [5.74, 6) is 0.102. The van der Waals surface area contributed by atoms with Crippen molar-refractivity contribution in [1.82, 2.24) is 9.80 Å². The van der Waals surface area contributed by atoms with E-state index in [0.717, 1.165) is 12.8 Å². The van der Waals surface area contributed by atoms with Gasteiger partial charge >= 0.3 is 0 Å². The van der Waals surface area contributed by atoms with Crippen LogP contribution in [0.3, 0.4) is 0 Å². The normalized spacial score (nSPS) is 15.1. The molecule has 0 spiro atoms. The van der Waals surface area contributed by atoms with Gasteiger partial charge < -0.3 is 9.80 Å². The van der Waals surface area contributed by atoms with Crippen molar-refractivity contribution in [3.63, 3.8) is 0 Å². The Morgan fingerprint density at radius 1 is 1.18 bits per heavy atom. The van der Waals surface area contributed by atoms with Crippen molar-refractivity contribution in [3.8, 4) is 6.07 Å². The van der Waals surface area contributed by atoms with Gasteiger partial charge in [0.05, 0.1) is 11.6 Å². The molecule has 1 aliphatic heterocycles. The minimum Gasteiger partial charge on any atom is -0.341 e. The average Bonchev–Trinajstić information content (AvgIpc) is 2.80. The number of hydrogen-bond donors (Lipinski definition) is 0. The van der Waals surface area contributed by atoms with E-state index in [1.54, 1.807) is 29.2 Å². The zero-order chi connectivity index (χ0) is 15.9. The van der Waals surface area contributed by atoms with Crippen LogP contribution in [-0.2, 0) is 4.79 Å². The third-order valence-corrected chi connectivity index (χ3v) is 3.84. The Balaban J connectivity index is 2.02. The highest BCUT2D eigenvalue weighted by Gasteiger charge is 2.22. The van der Waals surface area contributed by atoms with Crippen molar-refractivity contribution in [2.75, 3.05) is 26.2 Å². The van der Waals surface area contributed by atoms with Gasteiger partial charge in [-0.15, -0.1) is 0 Å². The molecule has 2 rings (SSSR count). The number of benzene rings is 1. The first-order valence-corrected chi connectivity index (χ1v) is 7.73. The Hall–Kier alpha value is -2.35. The summed E-state index contributed by atoms with van der Waals surface area (Å²) in [5.41, 5.74) is 1.02. The average molecular weight is 299 g/mol. The van der Waals surface area contributed by atoms with E-state index in [9.17, 15) is 9.59 Å². The highest BCUT2D eigenvalue weighted by molar-refractivity contribution is 5.94. The van der Waals surface area contributed by atoms with Crippen LogP contribution in [0.15, 0.2) is 24.3 Å². The lowest BCUT2D eigenvalue weighted by Crippen LogP contribution is -2.37. The van der Waals surface area contributed by atoms with Gasteiger partial charge in [-0.25, -0.2) is 0 Å². The summed E-state index contributed by atoms with van der Waals surface area (Å²) in [6.07, 6.45) is 2.20. The first-order chi connectivity index (χ1) is 10.7. The summed E-state index contributed by atoms with van der Waals surface area (Å²) in [6, 6.07) is 8.81. The molecule has 1 saturated heterocycles. The molecule has 0 bridgehead atoms. The molecule has 0 unspecified atom stereocenters. The van der Waals surface area contributed by atoms with E-state index < -0.39 is 0 Å². The van der Waals surface area contributed by atoms with Crippen LogP contribution in [-0.4, -0.2) is 47.8 Å². The van der Waals surface area contributed by atoms with Gasteiger partial charge in [-0.05, 0) is 31.0 Å². The Kier molecular flexibility index (Phi) is 5.54. The lowest BCUT2D eigenvalue weighted by Gasteiger charge is -2.22. The molecule has 1 aromatic rings. The van der Waals surface area contributed by atoms with Gasteiger partial charge in [0, 0.05) is 38.2 Å². The quantitative estimate of drug-likeness (QED) is 0.858. The molecule has 0 N–H and O–H groups in total. The second-order valence-electron chi connectivity index (χ2n) is 5.47. The summed E-state index contributed by atoms with van der Waals surface area (Å²) in [5, 5.41) is 8.93. The van der Waals surface area contributed by atoms with Crippen molar-refractivity contribution >= 4 is 11.8 Å². The second-order valence-corrected chi connectivity index (χ2v) is 5.47. The van der Waals surface area contributed by atoms with Crippen LogP contribution in [0.1, 0.15) is 42.1 Å². The zero-order valence-electron chi connectivity index (χ0n) is 12.9. The lowest BCUT2D eigenvalue weighted by atomic mass is 10.1. The maximum Gasteiger partial charge on any atom is 0.253 e. The van der Waals surface area contributed by atoms with E-state index in [4.69, 9.17) is 5.26 Å².